The molecule has 0 aliphatic carbocycles. The lowest BCUT2D eigenvalue weighted by Gasteiger charge is -2.16. The molecule has 26 heavy (non-hydrogen) atoms. The van der Waals surface area contributed by atoms with Crippen molar-refractivity contribution < 1.29 is 4.74 Å². The van der Waals surface area contributed by atoms with Gasteiger partial charge in [0, 0.05) is 6.54 Å². The van der Waals surface area contributed by atoms with Crippen LogP contribution in [0.1, 0.15) is 23.0 Å². The standard InChI is InChI=1S/C22H21N3O/c1-26-18-11-7-10-17(14-18)21(23)22-24-19-12-5-6-13-20(19)25(22)15-16-8-3-2-4-9-16/h2-14,21H,15,23H2,1H3. The van der Waals surface area contributed by atoms with Crippen LogP contribution in [0.3, 0.4) is 0 Å². The van der Waals surface area contributed by atoms with Crippen molar-refractivity contribution in [1.82, 2.24) is 9.55 Å². The zero-order chi connectivity index (χ0) is 17.9. The molecule has 0 radical (unpaired) electrons. The Morgan fingerprint density at radius 1 is 0.962 bits per heavy atom. The van der Waals surface area contributed by atoms with E-state index in [2.05, 4.69) is 34.9 Å². The van der Waals surface area contributed by atoms with E-state index in [0.717, 1.165) is 34.7 Å². The van der Waals surface area contributed by atoms with E-state index < -0.39 is 0 Å². The highest BCUT2D eigenvalue weighted by Gasteiger charge is 2.19. The normalized spacial score (nSPS) is 12.2. The van der Waals surface area contributed by atoms with Crippen molar-refractivity contribution in [3.63, 3.8) is 0 Å². The lowest BCUT2D eigenvalue weighted by atomic mass is 10.1. The molecular weight excluding hydrogens is 322 g/mol. The molecule has 1 aromatic heterocycles. The SMILES string of the molecule is COc1cccc(C(N)c2nc3ccccc3n2Cc2ccccc2)c1. The third-order valence-corrected chi connectivity index (χ3v) is 4.60. The average molecular weight is 343 g/mol. The van der Waals surface area contributed by atoms with Gasteiger partial charge >= 0.3 is 0 Å². The Labute approximate surface area is 152 Å². The minimum absolute atomic E-state index is 0.332. The van der Waals surface area contributed by atoms with E-state index in [-0.39, 0.29) is 6.04 Å². The number of rotatable bonds is 5. The molecule has 3 aromatic carbocycles. The highest BCUT2D eigenvalue weighted by molar-refractivity contribution is 5.76. The molecule has 4 heteroatoms. The highest BCUT2D eigenvalue weighted by atomic mass is 16.5. The van der Waals surface area contributed by atoms with Crippen LogP contribution < -0.4 is 10.5 Å². The van der Waals surface area contributed by atoms with Gasteiger partial charge in [0.05, 0.1) is 24.2 Å². The van der Waals surface area contributed by atoms with Crippen molar-refractivity contribution in [2.75, 3.05) is 7.11 Å². The number of ether oxygens (including phenoxy) is 1. The maximum Gasteiger partial charge on any atom is 0.131 e. The summed E-state index contributed by atoms with van der Waals surface area (Å²) in [7, 11) is 1.66. The third kappa shape index (κ3) is 3.07. The molecular formula is C22H21N3O. The zero-order valence-corrected chi connectivity index (χ0v) is 14.7. The second kappa shape index (κ2) is 7.02. The Hall–Kier alpha value is -3.11. The van der Waals surface area contributed by atoms with Crippen LogP contribution in [0.25, 0.3) is 11.0 Å². The summed E-state index contributed by atoms with van der Waals surface area (Å²) in [5.74, 6) is 1.65. The van der Waals surface area contributed by atoms with Gasteiger partial charge < -0.3 is 15.0 Å². The molecule has 0 saturated carbocycles. The third-order valence-electron chi connectivity index (χ3n) is 4.60. The minimum atomic E-state index is -0.332. The molecule has 1 atom stereocenters. The van der Waals surface area contributed by atoms with E-state index in [1.807, 2.05) is 48.5 Å². The smallest absolute Gasteiger partial charge is 0.131 e. The second-order valence-electron chi connectivity index (χ2n) is 6.28. The lowest BCUT2D eigenvalue weighted by Crippen LogP contribution is -2.18. The van der Waals surface area contributed by atoms with Gasteiger partial charge in [0.2, 0.25) is 0 Å². The molecule has 130 valence electrons. The number of hydrogen-bond acceptors (Lipinski definition) is 3. The predicted octanol–water partition coefficient (Wildman–Crippen LogP) is 4.14. The molecule has 4 aromatic rings. The van der Waals surface area contributed by atoms with Crippen LogP contribution in [0.4, 0.5) is 0 Å². The number of aromatic nitrogens is 2. The van der Waals surface area contributed by atoms with E-state index in [0.29, 0.717) is 0 Å². The fraction of sp³-hybridized carbons (Fsp3) is 0.136. The van der Waals surface area contributed by atoms with Crippen LogP contribution >= 0.6 is 0 Å². The van der Waals surface area contributed by atoms with Crippen LogP contribution in [0.15, 0.2) is 78.9 Å². The summed E-state index contributed by atoms with van der Waals surface area (Å²) in [5.41, 5.74) is 10.9. The van der Waals surface area contributed by atoms with Crippen molar-refractivity contribution in [1.29, 1.82) is 0 Å². The van der Waals surface area contributed by atoms with Crippen molar-refractivity contribution in [3.05, 3.63) is 95.8 Å². The van der Waals surface area contributed by atoms with Gasteiger partial charge in [-0.15, -0.1) is 0 Å². The second-order valence-corrected chi connectivity index (χ2v) is 6.28. The number of para-hydroxylation sites is 2. The van der Waals surface area contributed by atoms with Gasteiger partial charge in [0.25, 0.3) is 0 Å². The molecule has 0 fully saturated rings. The fourth-order valence-corrected chi connectivity index (χ4v) is 3.25. The van der Waals surface area contributed by atoms with Gasteiger partial charge in [0.1, 0.15) is 11.6 Å². The molecule has 2 N–H and O–H groups in total. The first-order valence-corrected chi connectivity index (χ1v) is 8.65. The number of nitrogens with two attached hydrogens (primary N) is 1. The zero-order valence-electron chi connectivity index (χ0n) is 14.7. The molecule has 1 unspecified atom stereocenters. The summed E-state index contributed by atoms with van der Waals surface area (Å²) in [4.78, 5) is 4.84. The van der Waals surface area contributed by atoms with Crippen molar-refractivity contribution >= 4 is 11.0 Å². The predicted molar refractivity (Wildman–Crippen MR) is 104 cm³/mol. The Balaban J connectivity index is 1.82. The van der Waals surface area contributed by atoms with E-state index >= 15 is 0 Å². The van der Waals surface area contributed by atoms with Crippen LogP contribution in [0.5, 0.6) is 5.75 Å². The van der Waals surface area contributed by atoms with Gasteiger partial charge in [-0.2, -0.15) is 0 Å². The summed E-state index contributed by atoms with van der Waals surface area (Å²) < 4.78 is 7.55. The molecule has 4 nitrogen and oxygen atoms in total. The van der Waals surface area contributed by atoms with Gasteiger partial charge in [0.15, 0.2) is 0 Å². The van der Waals surface area contributed by atoms with E-state index in [9.17, 15) is 0 Å². The molecule has 4 rings (SSSR count). The number of imidazole rings is 1. The molecule has 0 spiro atoms. The van der Waals surface area contributed by atoms with Gasteiger partial charge in [-0.25, -0.2) is 4.98 Å². The Bertz CT molecular complexity index is 1020. The molecule has 0 amide bonds. The number of fused-ring (bicyclic) bond motifs is 1. The van der Waals surface area contributed by atoms with Gasteiger partial charge in [-0.3, -0.25) is 0 Å². The Kier molecular flexibility index (Phi) is 4.42. The first-order valence-electron chi connectivity index (χ1n) is 8.65. The van der Waals surface area contributed by atoms with Gasteiger partial charge in [-0.1, -0.05) is 54.6 Å². The Morgan fingerprint density at radius 2 is 1.73 bits per heavy atom. The quantitative estimate of drug-likeness (QED) is 0.592. The van der Waals surface area contributed by atoms with E-state index in [4.69, 9.17) is 15.5 Å². The summed E-state index contributed by atoms with van der Waals surface area (Å²) in [6.45, 7) is 0.731. The average Bonchev–Trinajstić information content (AvgIpc) is 3.07. The summed E-state index contributed by atoms with van der Waals surface area (Å²) in [6.07, 6.45) is 0. The van der Waals surface area contributed by atoms with Crippen molar-refractivity contribution in [2.45, 2.75) is 12.6 Å². The van der Waals surface area contributed by atoms with Crippen LogP contribution in [0, 0.1) is 0 Å². The molecule has 1 heterocycles. The lowest BCUT2D eigenvalue weighted by molar-refractivity contribution is 0.414. The van der Waals surface area contributed by atoms with Crippen molar-refractivity contribution in [3.8, 4) is 5.75 Å². The fourth-order valence-electron chi connectivity index (χ4n) is 3.25. The number of benzene rings is 3. The Morgan fingerprint density at radius 3 is 2.54 bits per heavy atom. The highest BCUT2D eigenvalue weighted by Crippen LogP contribution is 2.27. The summed E-state index contributed by atoms with van der Waals surface area (Å²) in [6, 6.07) is 26.1. The number of nitrogens with zero attached hydrogens (tertiary/aromatic N) is 2. The number of hydrogen-bond donors (Lipinski definition) is 1. The van der Waals surface area contributed by atoms with Crippen LogP contribution in [-0.4, -0.2) is 16.7 Å². The molecule has 0 aliphatic rings. The maximum atomic E-state index is 6.62. The number of methoxy groups -OCH3 is 1. The first-order chi connectivity index (χ1) is 12.8. The molecule has 0 aliphatic heterocycles. The van der Waals surface area contributed by atoms with E-state index in [1.165, 1.54) is 5.56 Å². The topological polar surface area (TPSA) is 53.1 Å². The maximum absolute atomic E-state index is 6.62. The van der Waals surface area contributed by atoms with Gasteiger partial charge in [-0.05, 0) is 35.4 Å². The first kappa shape index (κ1) is 16.4. The van der Waals surface area contributed by atoms with E-state index in [1.54, 1.807) is 7.11 Å². The van der Waals surface area contributed by atoms with Crippen LogP contribution in [0.2, 0.25) is 0 Å². The summed E-state index contributed by atoms with van der Waals surface area (Å²) >= 11 is 0. The van der Waals surface area contributed by atoms with Crippen LogP contribution in [-0.2, 0) is 6.54 Å². The molecule has 0 bridgehead atoms. The van der Waals surface area contributed by atoms with Crippen molar-refractivity contribution in [2.24, 2.45) is 5.73 Å². The molecule has 0 saturated heterocycles. The largest absolute Gasteiger partial charge is 0.497 e. The summed E-state index contributed by atoms with van der Waals surface area (Å²) in [5, 5.41) is 0. The minimum Gasteiger partial charge on any atom is -0.497 e. The monoisotopic (exact) mass is 343 g/mol.